The van der Waals surface area contributed by atoms with Crippen molar-refractivity contribution in [1.29, 1.82) is 0 Å². The highest BCUT2D eigenvalue weighted by Gasteiger charge is 2.16. The monoisotopic (exact) mass is 367 g/mol. The second-order valence-electron chi connectivity index (χ2n) is 6.14. The first kappa shape index (κ1) is 18.2. The van der Waals surface area contributed by atoms with Gasteiger partial charge in [-0.15, -0.1) is 11.8 Å². The summed E-state index contributed by atoms with van der Waals surface area (Å²) in [4.78, 5) is 16.8. The molecule has 1 unspecified atom stereocenters. The largest absolute Gasteiger partial charge is 0.338 e. The first-order valence-electron chi connectivity index (χ1n) is 8.40. The van der Waals surface area contributed by atoms with Crippen LogP contribution in [0, 0.1) is 13.8 Å². The maximum absolute atomic E-state index is 12.3. The minimum absolute atomic E-state index is 0.0424. The Kier molecular flexibility index (Phi) is 5.73. The van der Waals surface area contributed by atoms with Gasteiger partial charge in [0.05, 0.1) is 11.0 Å². The van der Waals surface area contributed by atoms with Gasteiger partial charge in [-0.1, -0.05) is 41.6 Å². The van der Waals surface area contributed by atoms with E-state index in [-0.39, 0.29) is 11.2 Å². The van der Waals surface area contributed by atoms with Gasteiger partial charge in [0, 0.05) is 11.3 Å². The molecule has 0 bridgehead atoms. The van der Waals surface area contributed by atoms with Crippen LogP contribution in [0.1, 0.15) is 23.9 Å². The van der Waals surface area contributed by atoms with Crippen LogP contribution in [0.4, 0.5) is 5.69 Å². The van der Waals surface area contributed by atoms with Crippen LogP contribution in [0.5, 0.6) is 0 Å². The molecule has 1 N–H and O–H groups in total. The lowest BCUT2D eigenvalue weighted by Gasteiger charge is -2.11. The molecule has 3 aromatic rings. The van der Waals surface area contributed by atoms with E-state index in [0.717, 1.165) is 22.4 Å². The van der Waals surface area contributed by atoms with Gasteiger partial charge in [0.2, 0.25) is 17.6 Å². The fraction of sp³-hybridized carbons (Fsp3) is 0.250. The molecule has 0 radical (unpaired) electrons. The quantitative estimate of drug-likeness (QED) is 0.689. The normalized spacial score (nSPS) is 12.0. The minimum Gasteiger partial charge on any atom is -0.338 e. The number of aromatic nitrogens is 2. The third kappa shape index (κ3) is 4.52. The zero-order valence-electron chi connectivity index (χ0n) is 15.0. The van der Waals surface area contributed by atoms with Gasteiger partial charge in [0.15, 0.2) is 0 Å². The van der Waals surface area contributed by atoms with Crippen LogP contribution in [0.2, 0.25) is 0 Å². The number of thioether (sulfide) groups is 1. The average Bonchev–Trinajstić information content (AvgIpc) is 3.09. The van der Waals surface area contributed by atoms with E-state index >= 15 is 0 Å². The summed E-state index contributed by atoms with van der Waals surface area (Å²) < 4.78 is 5.32. The van der Waals surface area contributed by atoms with Gasteiger partial charge in [0.1, 0.15) is 0 Å². The second kappa shape index (κ2) is 8.19. The molecule has 134 valence electrons. The fourth-order valence-electron chi connectivity index (χ4n) is 2.49. The molecule has 1 aromatic heterocycles. The number of amides is 1. The second-order valence-corrected chi connectivity index (χ2v) is 7.47. The van der Waals surface area contributed by atoms with E-state index in [2.05, 4.69) is 15.5 Å². The number of nitrogens with one attached hydrogen (secondary N) is 1. The van der Waals surface area contributed by atoms with Gasteiger partial charge in [-0.3, -0.25) is 4.79 Å². The van der Waals surface area contributed by atoms with Crippen molar-refractivity contribution >= 4 is 23.4 Å². The smallest absolute Gasteiger partial charge is 0.237 e. The van der Waals surface area contributed by atoms with E-state index in [9.17, 15) is 4.79 Å². The Morgan fingerprint density at radius 2 is 2.00 bits per heavy atom. The molecule has 0 fully saturated rings. The maximum atomic E-state index is 12.3. The molecule has 1 heterocycles. The van der Waals surface area contributed by atoms with Gasteiger partial charge < -0.3 is 9.84 Å². The van der Waals surface area contributed by atoms with Gasteiger partial charge in [-0.25, -0.2) is 0 Å². The maximum Gasteiger partial charge on any atom is 0.237 e. The van der Waals surface area contributed by atoms with Gasteiger partial charge in [-0.05, 0) is 44.0 Å². The SMILES string of the molecule is Cc1cccc(NC(=O)C(C)SCc2nc(-c3ccccc3C)no2)c1. The first-order chi connectivity index (χ1) is 12.5. The summed E-state index contributed by atoms with van der Waals surface area (Å²) in [7, 11) is 0. The molecule has 0 saturated carbocycles. The van der Waals surface area contributed by atoms with E-state index in [1.165, 1.54) is 11.8 Å². The summed E-state index contributed by atoms with van der Waals surface area (Å²) in [5.74, 6) is 1.54. The van der Waals surface area contributed by atoms with Crippen molar-refractivity contribution in [2.75, 3.05) is 5.32 Å². The highest BCUT2D eigenvalue weighted by Crippen LogP contribution is 2.23. The van der Waals surface area contributed by atoms with Crippen molar-refractivity contribution < 1.29 is 9.32 Å². The number of hydrogen-bond acceptors (Lipinski definition) is 5. The topological polar surface area (TPSA) is 68.0 Å². The molecule has 26 heavy (non-hydrogen) atoms. The highest BCUT2D eigenvalue weighted by atomic mass is 32.2. The number of anilines is 1. The molecule has 1 atom stereocenters. The number of carbonyl (C=O) groups is 1. The summed E-state index contributed by atoms with van der Waals surface area (Å²) in [5, 5.41) is 6.75. The lowest BCUT2D eigenvalue weighted by Crippen LogP contribution is -2.22. The Labute approximate surface area is 157 Å². The van der Waals surface area contributed by atoms with Crippen LogP contribution in [0.15, 0.2) is 53.1 Å². The number of nitrogens with zero attached hydrogens (tertiary/aromatic N) is 2. The molecule has 0 aliphatic rings. The minimum atomic E-state index is -0.232. The van der Waals surface area contributed by atoms with Gasteiger partial charge >= 0.3 is 0 Å². The molecule has 1 amide bonds. The molecule has 0 spiro atoms. The lowest BCUT2D eigenvalue weighted by molar-refractivity contribution is -0.115. The fourth-order valence-corrected chi connectivity index (χ4v) is 3.21. The van der Waals surface area contributed by atoms with Crippen molar-refractivity contribution in [2.45, 2.75) is 31.8 Å². The lowest BCUT2D eigenvalue weighted by atomic mass is 10.1. The summed E-state index contributed by atoms with van der Waals surface area (Å²) >= 11 is 1.47. The van der Waals surface area contributed by atoms with Gasteiger partial charge in [0.25, 0.3) is 0 Å². The van der Waals surface area contributed by atoms with E-state index in [1.54, 1.807) is 0 Å². The predicted octanol–water partition coefficient (Wildman–Crippen LogP) is 4.61. The zero-order valence-corrected chi connectivity index (χ0v) is 15.8. The van der Waals surface area contributed by atoms with Crippen molar-refractivity contribution in [3.63, 3.8) is 0 Å². The predicted molar refractivity (Wildman–Crippen MR) is 105 cm³/mol. The molecular weight excluding hydrogens is 346 g/mol. The molecule has 6 heteroatoms. The third-order valence-corrected chi connectivity index (χ3v) is 5.09. The van der Waals surface area contributed by atoms with Crippen LogP contribution >= 0.6 is 11.8 Å². The summed E-state index contributed by atoms with van der Waals surface area (Å²) in [5.41, 5.74) is 3.97. The molecule has 0 saturated heterocycles. The van der Waals surface area contributed by atoms with Crippen LogP contribution in [0.3, 0.4) is 0 Å². The highest BCUT2D eigenvalue weighted by molar-refractivity contribution is 7.99. The van der Waals surface area contributed by atoms with Crippen LogP contribution in [0.25, 0.3) is 11.4 Å². The summed E-state index contributed by atoms with van der Waals surface area (Å²) in [6.07, 6.45) is 0. The van der Waals surface area contributed by atoms with Crippen molar-refractivity contribution in [3.05, 3.63) is 65.5 Å². The summed E-state index contributed by atoms with van der Waals surface area (Å²) in [6.45, 7) is 5.88. The van der Waals surface area contributed by atoms with Crippen LogP contribution < -0.4 is 5.32 Å². The van der Waals surface area contributed by atoms with E-state index in [1.807, 2.05) is 69.3 Å². The molecule has 0 aliphatic heterocycles. The molecule has 2 aromatic carbocycles. The van der Waals surface area contributed by atoms with Crippen LogP contribution in [-0.2, 0) is 10.5 Å². The Morgan fingerprint density at radius 3 is 2.77 bits per heavy atom. The Morgan fingerprint density at radius 1 is 1.19 bits per heavy atom. The van der Waals surface area contributed by atoms with Crippen LogP contribution in [-0.4, -0.2) is 21.3 Å². The number of aryl methyl sites for hydroxylation is 2. The Balaban J connectivity index is 1.57. The Hall–Kier alpha value is -2.60. The molecular formula is C20H21N3O2S. The van der Waals surface area contributed by atoms with Gasteiger partial charge in [-0.2, -0.15) is 4.98 Å². The van der Waals surface area contributed by atoms with Crippen molar-refractivity contribution in [3.8, 4) is 11.4 Å². The molecule has 0 aliphatic carbocycles. The number of carbonyl (C=O) groups excluding carboxylic acids is 1. The zero-order chi connectivity index (χ0) is 18.5. The molecule has 3 rings (SSSR count). The van der Waals surface area contributed by atoms with E-state index in [4.69, 9.17) is 4.52 Å². The Bertz CT molecular complexity index is 907. The number of hydrogen-bond donors (Lipinski definition) is 1. The standard InChI is InChI=1S/C20H21N3O2S/c1-13-7-6-9-16(11-13)21-20(24)15(3)26-12-18-22-19(23-25-18)17-10-5-4-8-14(17)2/h4-11,15H,12H2,1-3H3,(H,21,24). The molecule has 5 nitrogen and oxygen atoms in total. The average molecular weight is 367 g/mol. The van der Waals surface area contributed by atoms with Crippen molar-refractivity contribution in [1.82, 2.24) is 10.1 Å². The third-order valence-electron chi connectivity index (χ3n) is 3.97. The first-order valence-corrected chi connectivity index (χ1v) is 9.45. The van der Waals surface area contributed by atoms with Crippen molar-refractivity contribution in [2.24, 2.45) is 0 Å². The number of rotatable bonds is 6. The van der Waals surface area contributed by atoms with E-state index in [0.29, 0.717) is 17.5 Å². The summed E-state index contributed by atoms with van der Waals surface area (Å²) in [6, 6.07) is 15.7. The number of benzene rings is 2. The van der Waals surface area contributed by atoms with E-state index < -0.39 is 0 Å².